The molecule has 0 aliphatic rings. The molecular weight excluding hydrogens is 187 g/mol. The van der Waals surface area contributed by atoms with E-state index in [0.29, 0.717) is 6.33 Å². The Kier molecular flexibility index (Phi) is 4.07. The third-order valence-electron chi connectivity index (χ3n) is 2.51. The summed E-state index contributed by atoms with van der Waals surface area (Å²) >= 11 is 0. The lowest BCUT2D eigenvalue weighted by Crippen LogP contribution is -2.10. The van der Waals surface area contributed by atoms with Gasteiger partial charge < -0.3 is 0 Å². The fourth-order valence-electron chi connectivity index (χ4n) is 1.48. The number of benzene rings is 1. The van der Waals surface area contributed by atoms with E-state index in [1.54, 1.807) is 6.08 Å². The smallest absolute Gasteiger partial charge is 0.0827 e. The molecule has 1 heteroatoms. The van der Waals surface area contributed by atoms with Crippen molar-refractivity contribution in [2.45, 2.75) is 39.0 Å². The Morgan fingerprint density at radius 1 is 1.13 bits per heavy atom. The van der Waals surface area contributed by atoms with E-state index >= 15 is 0 Å². The lowest BCUT2D eigenvalue weighted by atomic mass is 9.86. The van der Waals surface area contributed by atoms with Crippen molar-refractivity contribution in [3.8, 4) is 0 Å². The molecule has 0 aromatic heterocycles. The molecule has 1 aromatic rings. The molecule has 0 saturated carbocycles. The summed E-state index contributed by atoms with van der Waals surface area (Å²) in [7, 11) is 0. The number of rotatable bonds is 3. The maximum atomic E-state index is 11.7. The fraction of sp³-hybridized carbons (Fsp3) is 0.429. The molecule has 0 unspecified atom stereocenters. The number of hydrogen-bond acceptors (Lipinski definition) is 0. The predicted octanol–water partition coefficient (Wildman–Crippen LogP) is 4.40. The van der Waals surface area contributed by atoms with E-state index in [1.807, 2.05) is 0 Å². The lowest BCUT2D eigenvalue weighted by Gasteiger charge is -2.19. The topological polar surface area (TPSA) is 0 Å². The van der Waals surface area contributed by atoms with Crippen LogP contribution in [0.1, 0.15) is 38.3 Å². The second kappa shape index (κ2) is 5.11. The molecule has 0 saturated heterocycles. The van der Waals surface area contributed by atoms with Crippen molar-refractivity contribution in [2.75, 3.05) is 0 Å². The normalized spacial score (nSPS) is 12.3. The van der Waals surface area contributed by atoms with Gasteiger partial charge in [0, 0.05) is 0 Å². The Morgan fingerprint density at radius 2 is 1.73 bits per heavy atom. The summed E-state index contributed by atoms with van der Waals surface area (Å²) in [5.41, 5.74) is 2.81. The molecule has 0 nitrogen and oxygen atoms in total. The average molecular weight is 206 g/mol. The van der Waals surface area contributed by atoms with Gasteiger partial charge in [-0.2, -0.15) is 0 Å². The van der Waals surface area contributed by atoms with Gasteiger partial charge in [0.25, 0.3) is 0 Å². The Balaban J connectivity index is 2.64. The van der Waals surface area contributed by atoms with Gasteiger partial charge >= 0.3 is 0 Å². The van der Waals surface area contributed by atoms with Crippen LogP contribution in [0.3, 0.4) is 0 Å². The first-order valence-corrected chi connectivity index (χ1v) is 5.38. The van der Waals surface area contributed by atoms with E-state index in [0.717, 1.165) is 12.8 Å². The van der Waals surface area contributed by atoms with Crippen molar-refractivity contribution < 1.29 is 4.39 Å². The maximum Gasteiger partial charge on any atom is 0.0827 e. The number of halogens is 1. The Bertz CT molecular complexity index is 314. The van der Waals surface area contributed by atoms with Gasteiger partial charge in [-0.05, 0) is 29.4 Å². The van der Waals surface area contributed by atoms with Crippen LogP contribution in [0.4, 0.5) is 4.39 Å². The Labute approximate surface area is 91.8 Å². The number of hydrogen-bond donors (Lipinski definition) is 0. The van der Waals surface area contributed by atoms with Gasteiger partial charge in [0.2, 0.25) is 0 Å². The molecule has 0 radical (unpaired) electrons. The summed E-state index contributed by atoms with van der Waals surface area (Å²) in [5, 5.41) is 0. The van der Waals surface area contributed by atoms with Crippen LogP contribution in [-0.2, 0) is 11.8 Å². The highest BCUT2D eigenvalue weighted by atomic mass is 19.1. The second-order valence-corrected chi connectivity index (χ2v) is 4.85. The summed E-state index contributed by atoms with van der Waals surface area (Å²) in [6, 6.07) is 8.59. The van der Waals surface area contributed by atoms with Crippen LogP contribution in [0.25, 0.3) is 0 Å². The first kappa shape index (κ1) is 12.0. The van der Waals surface area contributed by atoms with Crippen LogP contribution in [0.5, 0.6) is 0 Å². The van der Waals surface area contributed by atoms with Crippen molar-refractivity contribution >= 4 is 0 Å². The Morgan fingerprint density at radius 3 is 2.20 bits per heavy atom. The zero-order valence-electron chi connectivity index (χ0n) is 9.76. The zero-order valence-corrected chi connectivity index (χ0v) is 9.76. The van der Waals surface area contributed by atoms with Crippen molar-refractivity contribution in [2.24, 2.45) is 0 Å². The molecule has 0 aliphatic carbocycles. The predicted molar refractivity (Wildman–Crippen MR) is 63.7 cm³/mol. The van der Waals surface area contributed by atoms with Crippen LogP contribution in [0.2, 0.25) is 0 Å². The van der Waals surface area contributed by atoms with Crippen LogP contribution in [-0.4, -0.2) is 0 Å². The van der Waals surface area contributed by atoms with Gasteiger partial charge in [-0.1, -0.05) is 51.1 Å². The van der Waals surface area contributed by atoms with E-state index in [1.165, 1.54) is 11.1 Å². The molecule has 82 valence electrons. The summed E-state index contributed by atoms with van der Waals surface area (Å²) < 4.78 is 11.7. The Hall–Kier alpha value is -1.11. The molecule has 1 rings (SSSR count). The largest absolute Gasteiger partial charge is 0.216 e. The summed E-state index contributed by atoms with van der Waals surface area (Å²) in [6.07, 6.45) is 3.84. The highest BCUT2D eigenvalue weighted by molar-refractivity contribution is 5.27. The summed E-state index contributed by atoms with van der Waals surface area (Å²) in [4.78, 5) is 0. The third-order valence-corrected chi connectivity index (χ3v) is 2.51. The van der Waals surface area contributed by atoms with Gasteiger partial charge in [-0.15, -0.1) is 0 Å². The average Bonchev–Trinajstić information content (AvgIpc) is 2.18. The van der Waals surface area contributed by atoms with Crippen LogP contribution in [0.15, 0.2) is 36.7 Å². The molecule has 1 aromatic carbocycles. The van der Waals surface area contributed by atoms with E-state index in [2.05, 4.69) is 45.0 Å². The first-order chi connectivity index (χ1) is 7.04. The van der Waals surface area contributed by atoms with E-state index in [-0.39, 0.29) is 5.41 Å². The maximum absolute atomic E-state index is 11.7. The second-order valence-electron chi connectivity index (χ2n) is 4.85. The zero-order chi connectivity index (χ0) is 11.3. The third kappa shape index (κ3) is 3.86. The molecule has 0 fully saturated rings. The lowest BCUT2D eigenvalue weighted by molar-refractivity contribution is 0.590. The molecular formula is C14H19F. The minimum Gasteiger partial charge on any atom is -0.216 e. The minimum absolute atomic E-state index is 0.206. The molecule has 0 bridgehead atoms. The standard InChI is InChI=1S/C14H19F/c1-14(2,3)13-9-7-12(8-10-13)6-4-5-11-15/h5,7-11H,4,6H2,1-3H3/b11-5-. The summed E-state index contributed by atoms with van der Waals surface area (Å²) in [6.45, 7) is 6.61. The molecule has 0 amide bonds. The molecule has 0 atom stereocenters. The fourth-order valence-corrected chi connectivity index (χ4v) is 1.48. The highest BCUT2D eigenvalue weighted by Crippen LogP contribution is 2.22. The molecule has 0 heterocycles. The quantitative estimate of drug-likeness (QED) is 0.687. The first-order valence-electron chi connectivity index (χ1n) is 5.38. The van der Waals surface area contributed by atoms with E-state index in [9.17, 15) is 4.39 Å². The number of aryl methyl sites for hydroxylation is 1. The van der Waals surface area contributed by atoms with E-state index < -0.39 is 0 Å². The van der Waals surface area contributed by atoms with Gasteiger partial charge in [0.05, 0.1) is 6.33 Å². The highest BCUT2D eigenvalue weighted by Gasteiger charge is 2.12. The van der Waals surface area contributed by atoms with Gasteiger partial charge in [0.15, 0.2) is 0 Å². The molecule has 0 aliphatic heterocycles. The monoisotopic (exact) mass is 206 g/mol. The van der Waals surface area contributed by atoms with Crippen LogP contribution in [0, 0.1) is 0 Å². The SMILES string of the molecule is CC(C)(C)c1ccc(CC/C=C\F)cc1. The number of allylic oxidation sites excluding steroid dienone is 1. The van der Waals surface area contributed by atoms with Gasteiger partial charge in [-0.3, -0.25) is 0 Å². The van der Waals surface area contributed by atoms with Crippen LogP contribution >= 0.6 is 0 Å². The van der Waals surface area contributed by atoms with Gasteiger partial charge in [-0.25, -0.2) is 4.39 Å². The minimum atomic E-state index is 0.206. The summed E-state index contributed by atoms with van der Waals surface area (Å²) in [5.74, 6) is 0. The van der Waals surface area contributed by atoms with Crippen molar-refractivity contribution in [1.29, 1.82) is 0 Å². The van der Waals surface area contributed by atoms with Crippen LogP contribution < -0.4 is 0 Å². The van der Waals surface area contributed by atoms with Gasteiger partial charge in [0.1, 0.15) is 0 Å². The molecule has 0 spiro atoms. The van der Waals surface area contributed by atoms with E-state index in [4.69, 9.17) is 0 Å². The van der Waals surface area contributed by atoms with Crippen molar-refractivity contribution in [3.05, 3.63) is 47.8 Å². The van der Waals surface area contributed by atoms with Crippen molar-refractivity contribution in [1.82, 2.24) is 0 Å². The van der Waals surface area contributed by atoms with Crippen molar-refractivity contribution in [3.63, 3.8) is 0 Å². The molecule has 15 heavy (non-hydrogen) atoms. The molecule has 0 N–H and O–H groups in total.